The Morgan fingerprint density at radius 1 is 1.47 bits per heavy atom. The highest BCUT2D eigenvalue weighted by molar-refractivity contribution is 5.84. The van der Waals surface area contributed by atoms with E-state index in [0.29, 0.717) is 6.54 Å². The number of aliphatic hydroxyl groups is 2. The molecule has 0 spiro atoms. The lowest BCUT2D eigenvalue weighted by Crippen LogP contribution is -2.56. The maximum atomic E-state index is 12.3. The summed E-state index contributed by atoms with van der Waals surface area (Å²) in [5.74, 6) is -0.0602. The van der Waals surface area contributed by atoms with Gasteiger partial charge in [0.25, 0.3) is 0 Å². The van der Waals surface area contributed by atoms with E-state index in [1.54, 1.807) is 6.92 Å². The van der Waals surface area contributed by atoms with Crippen molar-refractivity contribution < 1.29 is 15.0 Å². The summed E-state index contributed by atoms with van der Waals surface area (Å²) in [6.45, 7) is 4.72. The minimum absolute atomic E-state index is 0.0602. The Balaban J connectivity index is 2.72. The first kappa shape index (κ1) is 14.4. The van der Waals surface area contributed by atoms with Crippen LogP contribution in [0.15, 0.2) is 0 Å². The van der Waals surface area contributed by atoms with E-state index in [2.05, 4.69) is 17.6 Å². The molecule has 17 heavy (non-hydrogen) atoms. The summed E-state index contributed by atoms with van der Waals surface area (Å²) in [6.07, 6.45) is 2.60. The van der Waals surface area contributed by atoms with Gasteiger partial charge in [0.1, 0.15) is 0 Å². The Hall–Kier alpha value is -0.650. The van der Waals surface area contributed by atoms with Crippen molar-refractivity contribution in [3.8, 4) is 0 Å². The first-order valence-electron chi connectivity index (χ1n) is 6.27. The highest BCUT2D eigenvalue weighted by atomic mass is 16.3. The van der Waals surface area contributed by atoms with Crippen molar-refractivity contribution in [3.05, 3.63) is 0 Å². The molecule has 1 amide bonds. The lowest BCUT2D eigenvalue weighted by molar-refractivity contribution is -0.133. The van der Waals surface area contributed by atoms with Crippen LogP contribution in [0.2, 0.25) is 0 Å². The van der Waals surface area contributed by atoms with Gasteiger partial charge in [0.05, 0.1) is 24.2 Å². The van der Waals surface area contributed by atoms with Crippen LogP contribution in [-0.4, -0.2) is 48.0 Å². The summed E-state index contributed by atoms with van der Waals surface area (Å²) >= 11 is 0. The van der Waals surface area contributed by atoms with Crippen molar-refractivity contribution >= 4 is 5.91 Å². The van der Waals surface area contributed by atoms with Crippen LogP contribution in [0.3, 0.4) is 0 Å². The van der Waals surface area contributed by atoms with Gasteiger partial charge in [-0.2, -0.15) is 0 Å². The predicted molar refractivity (Wildman–Crippen MR) is 65.5 cm³/mol. The van der Waals surface area contributed by atoms with E-state index in [-0.39, 0.29) is 24.5 Å². The molecule has 0 saturated carbocycles. The minimum atomic E-state index is -0.930. The molecule has 1 aliphatic rings. The number of amides is 1. The van der Waals surface area contributed by atoms with Gasteiger partial charge in [0.15, 0.2) is 0 Å². The highest BCUT2D eigenvalue weighted by Gasteiger charge is 2.42. The Morgan fingerprint density at radius 3 is 2.53 bits per heavy atom. The molecule has 5 nitrogen and oxygen atoms in total. The summed E-state index contributed by atoms with van der Waals surface area (Å²) in [5, 5.41) is 24.4. The van der Waals surface area contributed by atoms with Gasteiger partial charge in [-0.15, -0.1) is 0 Å². The van der Waals surface area contributed by atoms with E-state index in [0.717, 1.165) is 25.8 Å². The Labute approximate surface area is 103 Å². The van der Waals surface area contributed by atoms with E-state index < -0.39 is 5.54 Å². The van der Waals surface area contributed by atoms with Crippen LogP contribution in [0.25, 0.3) is 0 Å². The molecular formula is C12H24N2O3. The molecule has 0 aromatic carbocycles. The molecule has 4 N–H and O–H groups in total. The van der Waals surface area contributed by atoms with Crippen LogP contribution in [0, 0.1) is 5.41 Å². The second kappa shape index (κ2) is 5.80. The second-order valence-corrected chi connectivity index (χ2v) is 5.29. The Morgan fingerprint density at radius 2 is 2.12 bits per heavy atom. The van der Waals surface area contributed by atoms with Gasteiger partial charge in [-0.05, 0) is 26.3 Å². The quantitative estimate of drug-likeness (QED) is 0.514. The van der Waals surface area contributed by atoms with Crippen LogP contribution in [0.1, 0.15) is 33.1 Å². The largest absolute Gasteiger partial charge is 0.394 e. The molecule has 100 valence electrons. The fourth-order valence-electron chi connectivity index (χ4n) is 2.28. The van der Waals surface area contributed by atoms with Gasteiger partial charge in [-0.25, -0.2) is 0 Å². The minimum Gasteiger partial charge on any atom is -0.394 e. The van der Waals surface area contributed by atoms with Gasteiger partial charge in [0, 0.05) is 6.54 Å². The number of hydrogen-bond acceptors (Lipinski definition) is 4. The maximum absolute atomic E-state index is 12.3. The van der Waals surface area contributed by atoms with Crippen molar-refractivity contribution in [1.82, 2.24) is 10.6 Å². The molecule has 1 fully saturated rings. The van der Waals surface area contributed by atoms with Crippen molar-refractivity contribution in [2.75, 3.05) is 26.3 Å². The number of nitrogens with one attached hydrogen (secondary N) is 2. The maximum Gasteiger partial charge on any atom is 0.228 e. The third kappa shape index (κ3) is 3.18. The third-order valence-electron chi connectivity index (χ3n) is 3.57. The number of hydrogen-bond donors (Lipinski definition) is 4. The molecule has 0 aromatic rings. The van der Waals surface area contributed by atoms with E-state index >= 15 is 0 Å². The van der Waals surface area contributed by atoms with Crippen LogP contribution in [0.5, 0.6) is 0 Å². The Bertz CT molecular complexity index is 258. The third-order valence-corrected chi connectivity index (χ3v) is 3.57. The zero-order valence-corrected chi connectivity index (χ0v) is 10.8. The normalized spacial score (nSPS) is 24.9. The van der Waals surface area contributed by atoms with Gasteiger partial charge >= 0.3 is 0 Å². The van der Waals surface area contributed by atoms with E-state index in [1.807, 2.05) is 0 Å². The summed E-state index contributed by atoms with van der Waals surface area (Å²) in [7, 11) is 0. The molecule has 0 bridgehead atoms. The molecule has 1 saturated heterocycles. The summed E-state index contributed by atoms with van der Waals surface area (Å²) in [5.41, 5.74) is -1.30. The van der Waals surface area contributed by atoms with Gasteiger partial charge < -0.3 is 20.8 Å². The lowest BCUT2D eigenvalue weighted by Gasteiger charge is -2.33. The standard InChI is InChI=1S/C12H24N2O3/c1-3-4-12(5-6-13-7-12)10(17)14-11(2,8-15)9-16/h13,15-16H,3-9H2,1-2H3,(H,14,17). The van der Waals surface area contributed by atoms with Crippen LogP contribution in [-0.2, 0) is 4.79 Å². The average molecular weight is 244 g/mol. The highest BCUT2D eigenvalue weighted by Crippen LogP contribution is 2.31. The fourth-order valence-corrected chi connectivity index (χ4v) is 2.28. The molecule has 5 heteroatoms. The molecule has 1 rings (SSSR count). The summed E-state index contributed by atoms with van der Waals surface area (Å²) in [6, 6.07) is 0. The smallest absolute Gasteiger partial charge is 0.228 e. The molecule has 0 radical (unpaired) electrons. The predicted octanol–water partition coefficient (Wildman–Crippen LogP) is -0.374. The molecule has 1 atom stereocenters. The topological polar surface area (TPSA) is 81.6 Å². The number of carbonyl (C=O) groups excluding carboxylic acids is 1. The molecule has 0 aromatic heterocycles. The second-order valence-electron chi connectivity index (χ2n) is 5.29. The number of carbonyl (C=O) groups is 1. The monoisotopic (exact) mass is 244 g/mol. The van der Waals surface area contributed by atoms with Crippen LogP contribution >= 0.6 is 0 Å². The summed E-state index contributed by atoms with van der Waals surface area (Å²) in [4.78, 5) is 12.3. The molecule has 0 aliphatic carbocycles. The molecular weight excluding hydrogens is 220 g/mol. The van der Waals surface area contributed by atoms with Gasteiger partial charge in [-0.3, -0.25) is 4.79 Å². The number of aliphatic hydroxyl groups excluding tert-OH is 2. The summed E-state index contributed by atoms with van der Waals surface area (Å²) < 4.78 is 0. The van der Waals surface area contributed by atoms with E-state index in [4.69, 9.17) is 0 Å². The average Bonchev–Trinajstić information content (AvgIpc) is 2.79. The lowest BCUT2D eigenvalue weighted by atomic mass is 9.81. The van der Waals surface area contributed by atoms with Crippen molar-refractivity contribution in [1.29, 1.82) is 0 Å². The van der Waals surface area contributed by atoms with Crippen LogP contribution < -0.4 is 10.6 Å². The van der Waals surface area contributed by atoms with Gasteiger partial charge in [-0.1, -0.05) is 13.3 Å². The first-order chi connectivity index (χ1) is 8.02. The van der Waals surface area contributed by atoms with Gasteiger partial charge in [0.2, 0.25) is 5.91 Å². The SMILES string of the molecule is CCCC1(C(=O)NC(C)(CO)CO)CCNC1. The van der Waals surface area contributed by atoms with Crippen LogP contribution in [0.4, 0.5) is 0 Å². The van der Waals surface area contributed by atoms with E-state index in [1.165, 1.54) is 0 Å². The Kier molecular flexibility index (Phi) is 4.91. The zero-order valence-electron chi connectivity index (χ0n) is 10.8. The molecule has 1 heterocycles. The van der Waals surface area contributed by atoms with Crippen molar-refractivity contribution in [2.45, 2.75) is 38.6 Å². The first-order valence-corrected chi connectivity index (χ1v) is 6.27. The van der Waals surface area contributed by atoms with Crippen molar-refractivity contribution in [3.63, 3.8) is 0 Å². The fraction of sp³-hybridized carbons (Fsp3) is 0.917. The van der Waals surface area contributed by atoms with Crippen molar-refractivity contribution in [2.24, 2.45) is 5.41 Å². The molecule has 1 aliphatic heterocycles. The number of rotatable bonds is 6. The van der Waals surface area contributed by atoms with E-state index in [9.17, 15) is 15.0 Å². The zero-order chi connectivity index (χ0) is 12.9. The molecule has 1 unspecified atom stereocenters.